The molecule has 0 N–H and O–H groups in total. The summed E-state index contributed by atoms with van der Waals surface area (Å²) in [5.41, 5.74) is 0.816. The normalized spacial score (nSPS) is 27.8. The summed E-state index contributed by atoms with van der Waals surface area (Å²) in [6, 6.07) is 9.28. The largest absolute Gasteiger partial charge is 0.350 e. The van der Waals surface area contributed by atoms with Crippen molar-refractivity contribution in [3.63, 3.8) is 0 Å². The van der Waals surface area contributed by atoms with Gasteiger partial charge in [-0.05, 0) is 0 Å². The highest BCUT2D eigenvalue weighted by Crippen LogP contribution is 2.27. The van der Waals surface area contributed by atoms with Gasteiger partial charge in [-0.25, -0.2) is 0 Å². The van der Waals surface area contributed by atoms with Crippen LogP contribution in [0.15, 0.2) is 30.3 Å². The molecule has 0 amide bonds. The van der Waals surface area contributed by atoms with E-state index >= 15 is 0 Å². The summed E-state index contributed by atoms with van der Waals surface area (Å²) in [6.45, 7) is 0.136. The minimum atomic E-state index is -1.04. The Balaban J connectivity index is 2.01. The van der Waals surface area contributed by atoms with Crippen molar-refractivity contribution in [1.82, 2.24) is 0 Å². The van der Waals surface area contributed by atoms with Gasteiger partial charge in [-0.15, -0.1) is 0 Å². The second kappa shape index (κ2) is 7.25. The second-order valence-electron chi connectivity index (χ2n) is 4.23. The molecule has 0 bridgehead atoms. The van der Waals surface area contributed by atoms with Crippen LogP contribution < -0.4 is 0 Å². The van der Waals surface area contributed by atoms with E-state index in [1.165, 1.54) is 7.11 Å². The summed E-state index contributed by atoms with van der Waals surface area (Å²) in [5.74, 6) is 0. The number of aldehydes is 2. The first kappa shape index (κ1) is 14.8. The average Bonchev–Trinajstić information content (AvgIpc) is 2.53. The van der Waals surface area contributed by atoms with E-state index in [0.717, 1.165) is 5.56 Å². The molecule has 0 spiro atoms. The number of hydrogen-bond acceptors (Lipinski definition) is 6. The van der Waals surface area contributed by atoms with Crippen LogP contribution in [0.4, 0.5) is 0 Å². The molecule has 0 saturated carbocycles. The molecule has 1 fully saturated rings. The van der Waals surface area contributed by atoms with Crippen LogP contribution in [0.2, 0.25) is 0 Å². The molecule has 6 heteroatoms. The molecule has 0 aliphatic carbocycles. The van der Waals surface area contributed by atoms with E-state index in [9.17, 15) is 9.59 Å². The maximum atomic E-state index is 11.1. The van der Waals surface area contributed by atoms with Crippen LogP contribution >= 0.6 is 0 Å². The van der Waals surface area contributed by atoms with Crippen LogP contribution in [0.1, 0.15) is 11.9 Å². The summed E-state index contributed by atoms with van der Waals surface area (Å²) in [6.07, 6.45) is -2.01. The smallest absolute Gasteiger partial charge is 0.214 e. The summed E-state index contributed by atoms with van der Waals surface area (Å²) < 4.78 is 21.2. The minimum Gasteiger partial charge on any atom is -0.350 e. The van der Waals surface area contributed by atoms with Gasteiger partial charge in [0.05, 0.1) is 6.61 Å². The van der Waals surface area contributed by atoms with Crippen molar-refractivity contribution in [3.8, 4) is 0 Å². The van der Waals surface area contributed by atoms with Gasteiger partial charge in [0, 0.05) is 12.7 Å². The Kier molecular flexibility index (Phi) is 5.37. The van der Waals surface area contributed by atoms with Crippen molar-refractivity contribution in [2.24, 2.45) is 0 Å². The third-order valence-corrected chi connectivity index (χ3v) is 2.92. The molecule has 20 heavy (non-hydrogen) atoms. The number of carbonyl (C=O) groups is 2. The zero-order chi connectivity index (χ0) is 14.4. The Hall–Kier alpha value is -1.60. The molecular formula is C14H16O6. The van der Waals surface area contributed by atoms with Crippen molar-refractivity contribution in [1.29, 1.82) is 0 Å². The van der Waals surface area contributed by atoms with E-state index in [1.54, 1.807) is 0 Å². The third-order valence-electron chi connectivity index (χ3n) is 2.92. The lowest BCUT2D eigenvalue weighted by atomic mass is 10.1. The Morgan fingerprint density at radius 3 is 2.65 bits per heavy atom. The average molecular weight is 280 g/mol. The number of ether oxygens (including phenoxy) is 4. The molecule has 0 radical (unpaired) electrons. The van der Waals surface area contributed by atoms with Crippen LogP contribution in [-0.4, -0.2) is 44.8 Å². The lowest BCUT2D eigenvalue weighted by molar-refractivity contribution is -0.276. The van der Waals surface area contributed by atoms with E-state index in [1.807, 2.05) is 30.3 Å². The molecule has 1 aromatic rings. The zero-order valence-electron chi connectivity index (χ0n) is 11.0. The van der Waals surface area contributed by atoms with Gasteiger partial charge >= 0.3 is 0 Å². The van der Waals surface area contributed by atoms with Gasteiger partial charge in [-0.3, -0.25) is 4.79 Å². The molecule has 1 aliphatic rings. The number of hydrogen-bond donors (Lipinski definition) is 0. The van der Waals surface area contributed by atoms with Crippen molar-refractivity contribution in [3.05, 3.63) is 35.9 Å². The second-order valence-corrected chi connectivity index (χ2v) is 4.23. The van der Waals surface area contributed by atoms with Gasteiger partial charge in [0.25, 0.3) is 0 Å². The number of rotatable bonds is 6. The van der Waals surface area contributed by atoms with Crippen molar-refractivity contribution < 1.29 is 28.5 Å². The van der Waals surface area contributed by atoms with Gasteiger partial charge in [0.15, 0.2) is 18.9 Å². The summed E-state index contributed by atoms with van der Waals surface area (Å²) in [7, 11) is 1.34. The van der Waals surface area contributed by atoms with Gasteiger partial charge in [0.1, 0.15) is 12.2 Å². The molecule has 0 aromatic heterocycles. The van der Waals surface area contributed by atoms with Gasteiger partial charge in [-0.1, -0.05) is 30.3 Å². The van der Waals surface area contributed by atoms with Crippen LogP contribution in [0, 0.1) is 0 Å². The molecule has 1 aliphatic heterocycles. The molecule has 1 unspecified atom stereocenters. The molecule has 2 rings (SSSR count). The maximum absolute atomic E-state index is 11.1. The first-order valence-electron chi connectivity index (χ1n) is 6.19. The molecule has 1 aromatic carbocycles. The van der Waals surface area contributed by atoms with Crippen molar-refractivity contribution in [2.45, 2.75) is 24.8 Å². The summed E-state index contributed by atoms with van der Waals surface area (Å²) in [4.78, 5) is 21.8. The fourth-order valence-electron chi connectivity index (χ4n) is 1.88. The highest BCUT2D eigenvalue weighted by atomic mass is 16.7. The highest BCUT2D eigenvalue weighted by Gasteiger charge is 2.34. The van der Waals surface area contributed by atoms with E-state index in [4.69, 9.17) is 18.9 Å². The maximum Gasteiger partial charge on any atom is 0.214 e. The predicted octanol–water partition coefficient (Wildman–Crippen LogP) is 0.856. The molecule has 108 valence electrons. The van der Waals surface area contributed by atoms with Crippen LogP contribution in [-0.2, 0) is 28.5 Å². The highest BCUT2D eigenvalue weighted by molar-refractivity contribution is 5.58. The van der Waals surface area contributed by atoms with Crippen LogP contribution in [0.5, 0.6) is 0 Å². The van der Waals surface area contributed by atoms with E-state index < -0.39 is 24.8 Å². The van der Waals surface area contributed by atoms with E-state index in [0.29, 0.717) is 12.6 Å². The Bertz CT molecular complexity index is 435. The summed E-state index contributed by atoms with van der Waals surface area (Å²) >= 11 is 0. The number of benzene rings is 1. The quantitative estimate of drug-likeness (QED) is 0.568. The fraction of sp³-hybridized carbons (Fsp3) is 0.429. The first-order valence-corrected chi connectivity index (χ1v) is 6.19. The summed E-state index contributed by atoms with van der Waals surface area (Å²) in [5, 5.41) is 0. The predicted molar refractivity (Wildman–Crippen MR) is 67.8 cm³/mol. The number of carbonyl (C=O) groups excluding carboxylic acids is 2. The molecule has 1 saturated heterocycles. The molecule has 1 heterocycles. The van der Waals surface area contributed by atoms with Gasteiger partial charge in [0.2, 0.25) is 6.29 Å². The minimum absolute atomic E-state index is 0.136. The van der Waals surface area contributed by atoms with E-state index in [-0.39, 0.29) is 6.61 Å². The van der Waals surface area contributed by atoms with E-state index in [2.05, 4.69) is 0 Å². The Morgan fingerprint density at radius 1 is 1.30 bits per heavy atom. The lowest BCUT2D eigenvalue weighted by Gasteiger charge is -2.34. The standard InChI is InChI=1S/C14H16O6/c1-17-13(8-16)19-12-9-18-14(20-11(12)7-15)10-5-3-2-4-6-10/h2-8,11-14H,9H2,1H3/t11-,12+,13-,14?/m0/s1. The van der Waals surface area contributed by atoms with Crippen LogP contribution in [0.25, 0.3) is 0 Å². The zero-order valence-corrected chi connectivity index (χ0v) is 11.0. The van der Waals surface area contributed by atoms with Crippen molar-refractivity contribution in [2.75, 3.05) is 13.7 Å². The number of methoxy groups -OCH3 is 1. The molecular weight excluding hydrogens is 264 g/mol. The Morgan fingerprint density at radius 2 is 2.05 bits per heavy atom. The first-order chi connectivity index (χ1) is 9.78. The Labute approximate surface area is 116 Å². The topological polar surface area (TPSA) is 71.1 Å². The van der Waals surface area contributed by atoms with Gasteiger partial charge in [-0.2, -0.15) is 0 Å². The third kappa shape index (κ3) is 3.49. The molecule has 6 nitrogen and oxygen atoms in total. The molecule has 4 atom stereocenters. The monoisotopic (exact) mass is 280 g/mol. The van der Waals surface area contributed by atoms with Crippen molar-refractivity contribution >= 4 is 12.6 Å². The SMILES string of the molecule is CO[C@H](C=O)O[C@@H]1COC(c2ccccc2)O[C@H]1C=O. The van der Waals surface area contributed by atoms with Crippen LogP contribution in [0.3, 0.4) is 0 Å². The van der Waals surface area contributed by atoms with Gasteiger partial charge < -0.3 is 23.7 Å². The lowest BCUT2D eigenvalue weighted by Crippen LogP contribution is -2.45. The fourth-order valence-corrected chi connectivity index (χ4v) is 1.88.